The summed E-state index contributed by atoms with van der Waals surface area (Å²) in [6, 6.07) is 31.5. The molecule has 1 N–H and O–H groups in total. The van der Waals surface area contributed by atoms with E-state index in [0.717, 1.165) is 32.8 Å². The summed E-state index contributed by atoms with van der Waals surface area (Å²) in [5.41, 5.74) is 4.75. The maximum absolute atomic E-state index is 12.9. The monoisotopic (exact) mass is 539 g/mol. The molecule has 180 valence electrons. The number of imidazole rings is 1. The number of hydrogen-bond donors (Lipinski definition) is 1. The molecule has 1 atom stereocenters. The van der Waals surface area contributed by atoms with Crippen molar-refractivity contribution in [3.05, 3.63) is 119 Å². The van der Waals surface area contributed by atoms with Crippen molar-refractivity contribution in [1.82, 2.24) is 9.38 Å². The van der Waals surface area contributed by atoms with E-state index >= 15 is 0 Å². The normalized spacial score (nSPS) is 11.8. The molecule has 0 aliphatic heterocycles. The van der Waals surface area contributed by atoms with Crippen molar-refractivity contribution >= 4 is 33.4 Å². The molecule has 0 aliphatic carbocycles. The van der Waals surface area contributed by atoms with Crippen LogP contribution in [0.1, 0.15) is 30.4 Å². The van der Waals surface area contributed by atoms with Gasteiger partial charge in [0.25, 0.3) is 0 Å². The van der Waals surface area contributed by atoms with Crippen molar-refractivity contribution in [2.45, 2.75) is 25.8 Å². The largest absolute Gasteiger partial charge is 0.426 e. The third-order valence-electron chi connectivity index (χ3n) is 6.13. The molecule has 5 nitrogen and oxygen atoms in total. The second kappa shape index (κ2) is 10.8. The van der Waals surface area contributed by atoms with Gasteiger partial charge in [-0.05, 0) is 69.9 Å². The van der Waals surface area contributed by atoms with E-state index in [0.29, 0.717) is 18.7 Å². The Bertz CT molecular complexity index is 1470. The van der Waals surface area contributed by atoms with Crippen LogP contribution in [-0.4, -0.2) is 15.4 Å². The topological polar surface area (TPSA) is 55.6 Å². The molecule has 5 aromatic rings. The zero-order valence-electron chi connectivity index (χ0n) is 19.9. The Hall–Kier alpha value is -3.90. The van der Waals surface area contributed by atoms with Gasteiger partial charge in [0.15, 0.2) is 0 Å². The summed E-state index contributed by atoms with van der Waals surface area (Å²) in [5, 5.41) is 3.56. The highest BCUT2D eigenvalue weighted by Gasteiger charge is 2.21. The van der Waals surface area contributed by atoms with Gasteiger partial charge in [0.05, 0.1) is 5.92 Å². The Morgan fingerprint density at radius 3 is 2.33 bits per heavy atom. The Labute approximate surface area is 218 Å². The number of nitrogens with one attached hydrogen (secondary N) is 1. The summed E-state index contributed by atoms with van der Waals surface area (Å²) < 4.78 is 8.75. The highest BCUT2D eigenvalue weighted by Crippen LogP contribution is 2.32. The van der Waals surface area contributed by atoms with Crippen molar-refractivity contribution in [3.8, 4) is 17.0 Å². The van der Waals surface area contributed by atoms with Gasteiger partial charge in [0.2, 0.25) is 0 Å². The first-order valence-electron chi connectivity index (χ1n) is 11.9. The van der Waals surface area contributed by atoms with E-state index in [1.165, 1.54) is 5.56 Å². The van der Waals surface area contributed by atoms with Crippen LogP contribution < -0.4 is 10.1 Å². The van der Waals surface area contributed by atoms with Crippen molar-refractivity contribution in [1.29, 1.82) is 0 Å². The van der Waals surface area contributed by atoms with E-state index in [-0.39, 0.29) is 11.9 Å². The van der Waals surface area contributed by atoms with Gasteiger partial charge in [0, 0.05) is 22.8 Å². The summed E-state index contributed by atoms with van der Waals surface area (Å²) in [7, 11) is 0. The molecule has 5 rings (SSSR count). The number of aromatic nitrogens is 2. The van der Waals surface area contributed by atoms with E-state index in [4.69, 9.17) is 9.72 Å². The molecule has 0 spiro atoms. The Morgan fingerprint density at radius 2 is 1.64 bits per heavy atom. The number of hydrogen-bond acceptors (Lipinski definition) is 4. The van der Waals surface area contributed by atoms with Crippen LogP contribution in [0.2, 0.25) is 0 Å². The third kappa shape index (κ3) is 5.19. The fourth-order valence-corrected chi connectivity index (χ4v) is 4.60. The summed E-state index contributed by atoms with van der Waals surface area (Å²) in [4.78, 5) is 17.8. The molecule has 36 heavy (non-hydrogen) atoms. The van der Waals surface area contributed by atoms with E-state index in [2.05, 4.69) is 33.4 Å². The van der Waals surface area contributed by atoms with Crippen LogP contribution in [0.25, 0.3) is 16.9 Å². The molecular formula is C30H26BrN3O2. The van der Waals surface area contributed by atoms with Crippen LogP contribution in [0, 0.1) is 0 Å². The molecule has 0 radical (unpaired) electrons. The van der Waals surface area contributed by atoms with Gasteiger partial charge in [0.1, 0.15) is 22.9 Å². The molecule has 2 aromatic heterocycles. The standard InChI is InChI=1S/C30H26BrN3O2/c1-2-26(22-11-7-4-8-12-22)30(35)36-25-16-13-23(14-17-25)28-29(32-19-21-9-5-3-6-10-21)34-20-24(31)15-18-27(34)33-28/h3-18,20,26,32H,2,19H2,1H3. The minimum Gasteiger partial charge on any atom is -0.426 e. The first kappa shape index (κ1) is 23.8. The van der Waals surface area contributed by atoms with E-state index in [1.54, 1.807) is 0 Å². The zero-order chi connectivity index (χ0) is 24.9. The molecule has 2 heterocycles. The van der Waals surface area contributed by atoms with Gasteiger partial charge in [-0.15, -0.1) is 0 Å². The molecule has 0 aliphatic rings. The van der Waals surface area contributed by atoms with Gasteiger partial charge in [-0.2, -0.15) is 0 Å². The van der Waals surface area contributed by atoms with Gasteiger partial charge in [-0.25, -0.2) is 4.98 Å². The van der Waals surface area contributed by atoms with Gasteiger partial charge >= 0.3 is 5.97 Å². The van der Waals surface area contributed by atoms with E-state index in [1.807, 2.05) is 102 Å². The van der Waals surface area contributed by atoms with Crippen LogP contribution in [0.4, 0.5) is 5.82 Å². The Morgan fingerprint density at radius 1 is 0.944 bits per heavy atom. The fraction of sp³-hybridized carbons (Fsp3) is 0.133. The molecule has 0 bridgehead atoms. The lowest BCUT2D eigenvalue weighted by Crippen LogP contribution is -2.18. The molecule has 6 heteroatoms. The van der Waals surface area contributed by atoms with Crippen molar-refractivity contribution in [2.24, 2.45) is 0 Å². The smallest absolute Gasteiger partial charge is 0.318 e. The van der Waals surface area contributed by atoms with Crippen molar-refractivity contribution in [3.63, 3.8) is 0 Å². The maximum Gasteiger partial charge on any atom is 0.318 e. The third-order valence-corrected chi connectivity index (χ3v) is 6.60. The minimum absolute atomic E-state index is 0.251. The number of pyridine rings is 1. The summed E-state index contributed by atoms with van der Waals surface area (Å²) in [6.07, 6.45) is 2.68. The number of halogens is 1. The van der Waals surface area contributed by atoms with Crippen molar-refractivity contribution in [2.75, 3.05) is 5.32 Å². The minimum atomic E-state index is -0.295. The Balaban J connectivity index is 1.40. The predicted octanol–water partition coefficient (Wildman–Crippen LogP) is 7.48. The maximum atomic E-state index is 12.9. The first-order chi connectivity index (χ1) is 17.6. The van der Waals surface area contributed by atoms with E-state index in [9.17, 15) is 4.79 Å². The highest BCUT2D eigenvalue weighted by molar-refractivity contribution is 9.10. The number of fused-ring (bicyclic) bond motifs is 1. The first-order valence-corrected chi connectivity index (χ1v) is 12.7. The molecule has 0 fully saturated rings. The highest BCUT2D eigenvalue weighted by atomic mass is 79.9. The summed E-state index contributed by atoms with van der Waals surface area (Å²) in [5.74, 6) is 0.870. The average Bonchev–Trinajstić information content (AvgIpc) is 3.27. The number of nitrogens with zero attached hydrogens (tertiary/aromatic N) is 2. The second-order valence-electron chi connectivity index (χ2n) is 8.54. The zero-order valence-corrected chi connectivity index (χ0v) is 21.5. The number of carbonyl (C=O) groups is 1. The van der Waals surface area contributed by atoms with Crippen LogP contribution in [0.5, 0.6) is 5.75 Å². The Kier molecular flexibility index (Phi) is 7.14. The second-order valence-corrected chi connectivity index (χ2v) is 9.46. The lowest BCUT2D eigenvalue weighted by molar-refractivity contribution is -0.136. The van der Waals surface area contributed by atoms with Gasteiger partial charge in [-0.3, -0.25) is 9.20 Å². The van der Waals surface area contributed by atoms with Gasteiger partial charge < -0.3 is 10.1 Å². The molecule has 0 saturated heterocycles. The number of ether oxygens (including phenoxy) is 1. The van der Waals surface area contributed by atoms with Crippen LogP contribution in [0.15, 0.2) is 108 Å². The van der Waals surface area contributed by atoms with E-state index < -0.39 is 0 Å². The van der Waals surface area contributed by atoms with Crippen LogP contribution >= 0.6 is 15.9 Å². The predicted molar refractivity (Wildman–Crippen MR) is 147 cm³/mol. The SMILES string of the molecule is CCC(C(=O)Oc1ccc(-c2nc3ccc(Br)cn3c2NCc2ccccc2)cc1)c1ccccc1. The number of benzene rings is 3. The molecule has 1 unspecified atom stereocenters. The average molecular weight is 540 g/mol. The summed E-state index contributed by atoms with van der Waals surface area (Å²) in [6.45, 7) is 2.66. The molecular weight excluding hydrogens is 514 g/mol. The molecule has 0 amide bonds. The number of anilines is 1. The number of rotatable bonds is 8. The van der Waals surface area contributed by atoms with Crippen LogP contribution in [-0.2, 0) is 11.3 Å². The molecule has 0 saturated carbocycles. The van der Waals surface area contributed by atoms with Crippen molar-refractivity contribution < 1.29 is 9.53 Å². The number of carbonyl (C=O) groups excluding carboxylic acids is 1. The molecule has 3 aromatic carbocycles. The lowest BCUT2D eigenvalue weighted by atomic mass is 9.97. The lowest BCUT2D eigenvalue weighted by Gasteiger charge is -2.14. The fourth-order valence-electron chi connectivity index (χ4n) is 4.26. The summed E-state index contributed by atoms with van der Waals surface area (Å²) >= 11 is 3.57. The van der Waals surface area contributed by atoms with Gasteiger partial charge in [-0.1, -0.05) is 67.6 Å². The van der Waals surface area contributed by atoms with Crippen LogP contribution in [0.3, 0.4) is 0 Å². The number of esters is 1. The quantitative estimate of drug-likeness (QED) is 0.164.